The van der Waals surface area contributed by atoms with E-state index in [1.807, 2.05) is 27.7 Å². The van der Waals surface area contributed by atoms with Crippen molar-refractivity contribution in [2.45, 2.75) is 73.3 Å². The van der Waals surface area contributed by atoms with Gasteiger partial charge in [0.2, 0.25) is 0 Å². The van der Waals surface area contributed by atoms with Gasteiger partial charge in [-0.1, -0.05) is 41.5 Å². The van der Waals surface area contributed by atoms with Crippen molar-refractivity contribution in [3.8, 4) is 11.3 Å². The van der Waals surface area contributed by atoms with E-state index in [2.05, 4.69) is 15.3 Å². The molecule has 0 radical (unpaired) electrons. The maximum Gasteiger partial charge on any atom is 0.253 e. The summed E-state index contributed by atoms with van der Waals surface area (Å²) in [4.78, 5) is 56.5. The molecule has 39 heavy (non-hydrogen) atoms. The van der Waals surface area contributed by atoms with Crippen molar-refractivity contribution in [1.82, 2.24) is 15.3 Å². The SMILES string of the molecule is CC.CCC(=O)CCOCC(COCCC(=O)C(C)C)NC(=O)c1ccc(-c2ccc(C(=O)CC)nc2)nc1. The molecular weight excluding hydrogens is 498 g/mol. The molecule has 1 atom stereocenters. The highest BCUT2D eigenvalue weighted by Crippen LogP contribution is 2.17. The predicted octanol–water partition coefficient (Wildman–Crippen LogP) is 4.88. The van der Waals surface area contributed by atoms with Crippen LogP contribution in [0.15, 0.2) is 36.7 Å². The van der Waals surface area contributed by atoms with E-state index >= 15 is 0 Å². The third-order valence-corrected chi connectivity index (χ3v) is 5.72. The monoisotopic (exact) mass is 541 g/mol. The molecule has 0 aliphatic rings. The summed E-state index contributed by atoms with van der Waals surface area (Å²) in [6.45, 7) is 12.1. The molecule has 0 spiro atoms. The van der Waals surface area contributed by atoms with Crippen LogP contribution in [0.5, 0.6) is 0 Å². The number of amides is 1. The van der Waals surface area contributed by atoms with Gasteiger partial charge in [0.15, 0.2) is 5.78 Å². The molecule has 0 aliphatic carbocycles. The lowest BCUT2D eigenvalue weighted by Gasteiger charge is -2.19. The Balaban J connectivity index is 0.00000371. The van der Waals surface area contributed by atoms with Gasteiger partial charge in [0.05, 0.1) is 43.7 Å². The molecule has 2 aromatic heterocycles. The Hall–Kier alpha value is -3.30. The number of pyridine rings is 2. The standard InChI is InChI=1S/C28H37N3O6.C2H6/c1-5-23(32)11-13-36-17-22(18-37-14-12-27(34)19(3)4)31-28(35)21-8-9-24(29-16-21)20-7-10-25(30-15-20)26(33)6-2;1-2/h7-10,15-16,19,22H,5-6,11-14,17-18H2,1-4H3,(H,31,35);1-2H3. The van der Waals surface area contributed by atoms with Gasteiger partial charge in [0.25, 0.3) is 5.91 Å². The lowest BCUT2D eigenvalue weighted by Crippen LogP contribution is -2.42. The molecule has 9 nitrogen and oxygen atoms in total. The zero-order valence-electron chi connectivity index (χ0n) is 24.1. The van der Waals surface area contributed by atoms with Gasteiger partial charge in [0.1, 0.15) is 17.3 Å². The number of nitrogens with one attached hydrogen (secondary N) is 1. The van der Waals surface area contributed by atoms with Gasteiger partial charge in [-0.15, -0.1) is 0 Å². The Morgan fingerprint density at radius 3 is 2.03 bits per heavy atom. The summed E-state index contributed by atoms with van der Waals surface area (Å²) in [5.74, 6) is -0.208. The molecule has 2 heterocycles. The highest BCUT2D eigenvalue weighted by atomic mass is 16.5. The van der Waals surface area contributed by atoms with Crippen molar-refractivity contribution < 1.29 is 28.7 Å². The second-order valence-corrected chi connectivity index (χ2v) is 8.97. The molecule has 0 aromatic carbocycles. The Labute approximate surface area is 232 Å². The van der Waals surface area contributed by atoms with Gasteiger partial charge in [0, 0.05) is 49.6 Å². The molecule has 0 aliphatic heterocycles. The minimum Gasteiger partial charge on any atom is -0.379 e. The molecular formula is C30H43N3O6. The zero-order valence-corrected chi connectivity index (χ0v) is 24.1. The molecule has 1 N–H and O–H groups in total. The van der Waals surface area contributed by atoms with E-state index in [-0.39, 0.29) is 55.6 Å². The van der Waals surface area contributed by atoms with E-state index in [0.717, 1.165) is 5.56 Å². The van der Waals surface area contributed by atoms with Crippen LogP contribution in [-0.2, 0) is 19.1 Å². The first-order valence-electron chi connectivity index (χ1n) is 13.7. The number of nitrogens with zero attached hydrogens (tertiary/aromatic N) is 2. The van der Waals surface area contributed by atoms with E-state index in [1.54, 1.807) is 44.3 Å². The third-order valence-electron chi connectivity index (χ3n) is 5.72. The third kappa shape index (κ3) is 12.4. The number of rotatable bonds is 17. The summed E-state index contributed by atoms with van der Waals surface area (Å²) in [6, 6.07) is 6.34. The van der Waals surface area contributed by atoms with Gasteiger partial charge in [-0.05, 0) is 24.3 Å². The van der Waals surface area contributed by atoms with E-state index in [1.165, 1.54) is 6.20 Å². The van der Waals surface area contributed by atoms with Crippen molar-refractivity contribution in [3.05, 3.63) is 47.9 Å². The summed E-state index contributed by atoms with van der Waals surface area (Å²) in [6.07, 6.45) is 4.51. The first kappa shape index (κ1) is 33.7. The van der Waals surface area contributed by atoms with Gasteiger partial charge >= 0.3 is 0 Å². The topological polar surface area (TPSA) is 125 Å². The molecule has 2 rings (SSSR count). The summed E-state index contributed by atoms with van der Waals surface area (Å²) >= 11 is 0. The van der Waals surface area contributed by atoms with Crippen LogP contribution in [0.3, 0.4) is 0 Å². The minimum atomic E-state index is -0.467. The first-order valence-corrected chi connectivity index (χ1v) is 13.7. The predicted molar refractivity (Wildman–Crippen MR) is 151 cm³/mol. The number of carbonyl (C=O) groups excluding carboxylic acids is 4. The molecule has 0 saturated heterocycles. The molecule has 2 aromatic rings. The van der Waals surface area contributed by atoms with Crippen molar-refractivity contribution >= 4 is 23.3 Å². The number of hydrogen-bond donors (Lipinski definition) is 1. The second-order valence-electron chi connectivity index (χ2n) is 8.97. The summed E-state index contributed by atoms with van der Waals surface area (Å²) < 4.78 is 11.2. The van der Waals surface area contributed by atoms with Crippen LogP contribution >= 0.6 is 0 Å². The Kier molecular flexibility index (Phi) is 16.3. The molecule has 0 fully saturated rings. The van der Waals surface area contributed by atoms with Crippen LogP contribution in [0.25, 0.3) is 11.3 Å². The Bertz CT molecular complexity index is 1040. The maximum absolute atomic E-state index is 12.9. The number of Topliss-reactive ketones (excluding diaryl/α,β-unsaturated/α-hetero) is 3. The molecule has 0 bridgehead atoms. The second kappa shape index (κ2) is 18.9. The van der Waals surface area contributed by atoms with Crippen LogP contribution in [0.2, 0.25) is 0 Å². The number of ether oxygens (including phenoxy) is 2. The van der Waals surface area contributed by atoms with E-state index in [9.17, 15) is 19.2 Å². The highest BCUT2D eigenvalue weighted by Gasteiger charge is 2.16. The summed E-state index contributed by atoms with van der Waals surface area (Å²) in [5, 5.41) is 2.88. The summed E-state index contributed by atoms with van der Waals surface area (Å²) in [7, 11) is 0. The van der Waals surface area contributed by atoms with Crippen LogP contribution in [0, 0.1) is 5.92 Å². The average molecular weight is 542 g/mol. The molecule has 0 saturated carbocycles. The highest BCUT2D eigenvalue weighted by molar-refractivity contribution is 5.95. The van der Waals surface area contributed by atoms with E-state index in [0.29, 0.717) is 42.6 Å². The Morgan fingerprint density at radius 1 is 0.846 bits per heavy atom. The quantitative estimate of drug-likeness (QED) is 0.222. The first-order chi connectivity index (χ1) is 18.7. The average Bonchev–Trinajstić information content (AvgIpc) is 2.97. The van der Waals surface area contributed by atoms with Crippen molar-refractivity contribution in [1.29, 1.82) is 0 Å². The molecule has 1 amide bonds. The Morgan fingerprint density at radius 2 is 1.51 bits per heavy atom. The zero-order chi connectivity index (χ0) is 29.2. The van der Waals surface area contributed by atoms with Crippen LogP contribution in [-0.4, -0.2) is 65.7 Å². The number of ketones is 3. The summed E-state index contributed by atoms with van der Waals surface area (Å²) in [5.41, 5.74) is 2.12. The van der Waals surface area contributed by atoms with Crippen molar-refractivity contribution in [2.24, 2.45) is 5.92 Å². The molecule has 9 heteroatoms. The fourth-order valence-electron chi connectivity index (χ4n) is 3.27. The van der Waals surface area contributed by atoms with Crippen LogP contribution in [0.4, 0.5) is 0 Å². The normalized spacial score (nSPS) is 11.4. The van der Waals surface area contributed by atoms with E-state index < -0.39 is 6.04 Å². The van der Waals surface area contributed by atoms with Crippen molar-refractivity contribution in [3.63, 3.8) is 0 Å². The minimum absolute atomic E-state index is 0.0301. The van der Waals surface area contributed by atoms with Gasteiger partial charge in [-0.2, -0.15) is 0 Å². The fraction of sp³-hybridized carbons (Fsp3) is 0.533. The van der Waals surface area contributed by atoms with Crippen LogP contribution in [0.1, 0.15) is 88.1 Å². The van der Waals surface area contributed by atoms with Crippen LogP contribution < -0.4 is 5.32 Å². The molecule has 1 unspecified atom stereocenters. The fourth-order valence-corrected chi connectivity index (χ4v) is 3.27. The lowest BCUT2D eigenvalue weighted by molar-refractivity contribution is -0.123. The van der Waals surface area contributed by atoms with Gasteiger partial charge in [-0.3, -0.25) is 29.1 Å². The van der Waals surface area contributed by atoms with Crippen molar-refractivity contribution in [2.75, 3.05) is 26.4 Å². The van der Waals surface area contributed by atoms with Gasteiger partial charge < -0.3 is 14.8 Å². The van der Waals surface area contributed by atoms with Gasteiger partial charge in [-0.25, -0.2) is 0 Å². The number of aromatic nitrogens is 2. The van der Waals surface area contributed by atoms with E-state index in [4.69, 9.17) is 9.47 Å². The lowest BCUT2D eigenvalue weighted by atomic mass is 10.1. The molecule has 214 valence electrons. The maximum atomic E-state index is 12.9. The largest absolute Gasteiger partial charge is 0.379 e. The number of carbonyl (C=O) groups is 4. The smallest absolute Gasteiger partial charge is 0.253 e. The number of hydrogen-bond acceptors (Lipinski definition) is 8.